The molecule has 3 heterocycles. The van der Waals surface area contributed by atoms with Gasteiger partial charge in [-0.25, -0.2) is 0 Å². The quantitative estimate of drug-likeness (QED) is 0.163. The van der Waals surface area contributed by atoms with Crippen LogP contribution < -0.4 is 5.56 Å². The molecule has 0 saturated carbocycles. The highest BCUT2D eigenvalue weighted by atomic mass is 16.3. The number of para-hydroxylation sites is 2. The van der Waals surface area contributed by atoms with Crippen LogP contribution in [0.2, 0.25) is 0 Å². The van der Waals surface area contributed by atoms with E-state index in [9.17, 15) is 4.79 Å². The lowest BCUT2D eigenvalue weighted by atomic mass is 9.70. The van der Waals surface area contributed by atoms with Crippen molar-refractivity contribution in [3.8, 4) is 33.4 Å². The zero-order valence-electron chi connectivity index (χ0n) is 28.4. The lowest BCUT2D eigenvalue weighted by Crippen LogP contribution is -2.26. The van der Waals surface area contributed by atoms with Crippen LogP contribution in [0.15, 0.2) is 173 Å². The number of nitrogens with zero attached hydrogens (tertiary/aromatic N) is 1. The molecule has 0 radical (unpaired) electrons. The number of benzene rings is 8. The monoisotopic (exact) mass is 673 g/mol. The van der Waals surface area contributed by atoms with E-state index in [2.05, 4.69) is 133 Å². The summed E-state index contributed by atoms with van der Waals surface area (Å²) < 4.78 is 8.57. The molecule has 0 unspecified atom stereocenters. The van der Waals surface area contributed by atoms with Gasteiger partial charge in [-0.2, -0.15) is 0 Å². The largest absolute Gasteiger partial charge is 0.455 e. The molecule has 1 spiro atoms. The van der Waals surface area contributed by atoms with Gasteiger partial charge in [-0.1, -0.05) is 127 Å². The van der Waals surface area contributed by atoms with Crippen molar-refractivity contribution in [2.75, 3.05) is 0 Å². The molecule has 53 heavy (non-hydrogen) atoms. The molecule has 3 aromatic heterocycles. The topological polar surface area (TPSA) is 34.6 Å². The van der Waals surface area contributed by atoms with E-state index < -0.39 is 5.41 Å². The summed E-state index contributed by atoms with van der Waals surface area (Å²) >= 11 is 0. The molecular weight excluding hydrogens is 647 g/mol. The molecule has 8 aromatic carbocycles. The number of pyridine rings is 1. The molecule has 3 heteroatoms. The van der Waals surface area contributed by atoms with Crippen LogP contribution in [0.5, 0.6) is 0 Å². The standard InChI is InChI=1S/C50H27NO2/c52-49-36-17-2-1-12-30(36)39-24-28(29-18-11-19-35-34-16-6-10-23-46(34)53-48(29)35)25-40-38-26-37-33-15-5-9-22-43(33)50(44(37)27-45(38)51(49)47(39)40)41-20-7-3-13-31(41)32-14-4-8-21-42(32)50/h1-27H. The fraction of sp³-hybridized carbons (Fsp3) is 0.0200. The van der Waals surface area contributed by atoms with Gasteiger partial charge >= 0.3 is 0 Å². The molecule has 2 aliphatic rings. The van der Waals surface area contributed by atoms with Gasteiger partial charge in [-0.15, -0.1) is 0 Å². The minimum atomic E-state index is -0.495. The summed E-state index contributed by atoms with van der Waals surface area (Å²) in [5, 5.41) is 7.09. The highest BCUT2D eigenvalue weighted by molar-refractivity contribution is 6.23. The van der Waals surface area contributed by atoms with Crippen LogP contribution in [-0.4, -0.2) is 4.40 Å². The molecule has 13 rings (SSSR count). The van der Waals surface area contributed by atoms with Gasteiger partial charge in [0.1, 0.15) is 11.2 Å². The fourth-order valence-electron chi connectivity index (χ4n) is 10.3. The molecular formula is C50H27NO2. The Hall–Kier alpha value is -6.97. The summed E-state index contributed by atoms with van der Waals surface area (Å²) in [5.41, 5.74) is 15.4. The van der Waals surface area contributed by atoms with E-state index in [0.29, 0.717) is 5.39 Å². The van der Waals surface area contributed by atoms with Gasteiger partial charge < -0.3 is 4.42 Å². The van der Waals surface area contributed by atoms with Gasteiger partial charge in [0.15, 0.2) is 0 Å². The van der Waals surface area contributed by atoms with Gasteiger partial charge in [0.25, 0.3) is 5.56 Å². The Kier molecular flexibility index (Phi) is 4.95. The van der Waals surface area contributed by atoms with Crippen molar-refractivity contribution in [1.29, 1.82) is 0 Å². The zero-order chi connectivity index (χ0) is 34.6. The van der Waals surface area contributed by atoms with Crippen molar-refractivity contribution in [3.05, 3.63) is 196 Å². The van der Waals surface area contributed by atoms with Gasteiger partial charge in [0.2, 0.25) is 0 Å². The average Bonchev–Trinajstić information content (AvgIpc) is 3.93. The second-order valence-electron chi connectivity index (χ2n) is 14.7. The molecule has 0 amide bonds. The number of aromatic nitrogens is 1. The van der Waals surface area contributed by atoms with Crippen LogP contribution in [0.25, 0.3) is 93.3 Å². The van der Waals surface area contributed by atoms with Crippen LogP contribution >= 0.6 is 0 Å². The van der Waals surface area contributed by atoms with Crippen molar-refractivity contribution >= 4 is 59.9 Å². The maximum Gasteiger partial charge on any atom is 0.263 e. The van der Waals surface area contributed by atoms with Gasteiger partial charge in [0, 0.05) is 37.9 Å². The predicted octanol–water partition coefficient (Wildman–Crippen LogP) is 12.1. The summed E-state index contributed by atoms with van der Waals surface area (Å²) in [7, 11) is 0. The van der Waals surface area contributed by atoms with Crippen molar-refractivity contribution in [2.45, 2.75) is 5.41 Å². The third-order valence-electron chi connectivity index (χ3n) is 12.3. The number of fused-ring (bicyclic) bond motifs is 18. The lowest BCUT2D eigenvalue weighted by Gasteiger charge is -2.30. The first-order valence-corrected chi connectivity index (χ1v) is 18.2. The summed E-state index contributed by atoms with van der Waals surface area (Å²) in [5.74, 6) is 0. The highest BCUT2D eigenvalue weighted by Gasteiger charge is 2.51. The van der Waals surface area contributed by atoms with Crippen LogP contribution in [0.4, 0.5) is 0 Å². The predicted molar refractivity (Wildman–Crippen MR) is 216 cm³/mol. The third-order valence-corrected chi connectivity index (χ3v) is 12.3. The number of furan rings is 1. The number of rotatable bonds is 1. The van der Waals surface area contributed by atoms with E-state index in [1.54, 1.807) is 0 Å². The Labute approximate surface area is 302 Å². The minimum absolute atomic E-state index is 0.0111. The minimum Gasteiger partial charge on any atom is -0.455 e. The maximum absolute atomic E-state index is 14.8. The van der Waals surface area contributed by atoms with Crippen LogP contribution in [-0.2, 0) is 5.41 Å². The summed E-state index contributed by atoms with van der Waals surface area (Å²) in [6.07, 6.45) is 0. The smallest absolute Gasteiger partial charge is 0.263 e. The van der Waals surface area contributed by atoms with Crippen molar-refractivity contribution in [3.63, 3.8) is 0 Å². The first-order valence-electron chi connectivity index (χ1n) is 18.2. The molecule has 0 bridgehead atoms. The molecule has 2 aliphatic carbocycles. The Morgan fingerprint density at radius 3 is 1.68 bits per heavy atom. The van der Waals surface area contributed by atoms with Crippen LogP contribution in [0.3, 0.4) is 0 Å². The van der Waals surface area contributed by atoms with Crippen molar-refractivity contribution in [2.24, 2.45) is 0 Å². The van der Waals surface area contributed by atoms with Crippen molar-refractivity contribution in [1.82, 2.24) is 4.40 Å². The second-order valence-corrected chi connectivity index (χ2v) is 14.7. The fourth-order valence-corrected chi connectivity index (χ4v) is 10.3. The number of hydrogen-bond acceptors (Lipinski definition) is 2. The number of hydrogen-bond donors (Lipinski definition) is 0. The Balaban J connectivity index is 1.21. The first kappa shape index (κ1) is 27.7. The maximum atomic E-state index is 14.8. The lowest BCUT2D eigenvalue weighted by molar-refractivity contribution is 0.670. The van der Waals surface area contributed by atoms with Gasteiger partial charge in [-0.3, -0.25) is 9.20 Å². The van der Waals surface area contributed by atoms with Gasteiger partial charge in [0.05, 0.1) is 16.4 Å². The van der Waals surface area contributed by atoms with E-state index in [4.69, 9.17) is 4.42 Å². The summed E-state index contributed by atoms with van der Waals surface area (Å²) in [4.78, 5) is 14.8. The molecule has 0 saturated heterocycles. The normalized spacial score (nSPS) is 13.9. The average molecular weight is 674 g/mol. The van der Waals surface area contributed by atoms with E-state index in [1.165, 1.54) is 44.5 Å². The van der Waals surface area contributed by atoms with Crippen LogP contribution in [0, 0.1) is 0 Å². The SMILES string of the molecule is O=c1c2ccccc2c2cc(-c3cccc4c3oc3ccccc34)cc3c4cc5c(cc4n1c23)C1(c2ccccc2-c2ccccc21)c1ccccc1-5. The Morgan fingerprint density at radius 1 is 0.415 bits per heavy atom. The second kappa shape index (κ2) is 9.47. The first-order chi connectivity index (χ1) is 26.2. The Morgan fingerprint density at radius 2 is 0.962 bits per heavy atom. The molecule has 3 nitrogen and oxygen atoms in total. The van der Waals surface area contributed by atoms with E-state index >= 15 is 0 Å². The summed E-state index contributed by atoms with van der Waals surface area (Å²) in [6, 6.07) is 58.6. The van der Waals surface area contributed by atoms with Crippen molar-refractivity contribution < 1.29 is 4.42 Å². The molecule has 0 aliphatic heterocycles. The third kappa shape index (κ3) is 3.18. The van der Waals surface area contributed by atoms with E-state index in [-0.39, 0.29) is 5.56 Å². The van der Waals surface area contributed by atoms with Gasteiger partial charge in [-0.05, 0) is 91.9 Å². The van der Waals surface area contributed by atoms with E-state index in [1.807, 2.05) is 34.7 Å². The molecule has 0 atom stereocenters. The molecule has 244 valence electrons. The highest BCUT2D eigenvalue weighted by Crippen LogP contribution is 2.63. The Bertz CT molecular complexity index is 3440. The molecule has 11 aromatic rings. The van der Waals surface area contributed by atoms with Crippen LogP contribution in [0.1, 0.15) is 22.3 Å². The zero-order valence-corrected chi connectivity index (χ0v) is 28.4. The molecule has 0 N–H and O–H groups in total. The summed E-state index contributed by atoms with van der Waals surface area (Å²) in [6.45, 7) is 0. The molecule has 0 fully saturated rings. The van der Waals surface area contributed by atoms with E-state index in [0.717, 1.165) is 65.6 Å².